The molecule has 0 aliphatic rings. The lowest BCUT2D eigenvalue weighted by Crippen LogP contribution is -2.38. The highest BCUT2D eigenvalue weighted by Gasteiger charge is 2.17. The van der Waals surface area contributed by atoms with Gasteiger partial charge in [-0.1, -0.05) is 13.8 Å². The van der Waals surface area contributed by atoms with Crippen molar-refractivity contribution in [1.82, 2.24) is 4.90 Å². The molecule has 0 saturated carbocycles. The highest BCUT2D eigenvalue weighted by Crippen LogP contribution is 2.04. The second-order valence-corrected chi connectivity index (χ2v) is 4.79. The summed E-state index contributed by atoms with van der Waals surface area (Å²) in [6.45, 7) is 8.08. The molecule has 0 aliphatic heterocycles. The summed E-state index contributed by atoms with van der Waals surface area (Å²) in [5.41, 5.74) is 0. The maximum atomic E-state index is 12.0. The molecule has 0 spiro atoms. The van der Waals surface area contributed by atoms with Gasteiger partial charge in [0.2, 0.25) is 6.43 Å². The molecular formula is C14H27F2NO3. The first kappa shape index (κ1) is 19.2. The van der Waals surface area contributed by atoms with E-state index in [0.717, 1.165) is 25.9 Å². The van der Waals surface area contributed by atoms with Crippen molar-refractivity contribution < 1.29 is 23.0 Å². The highest BCUT2D eigenvalue weighted by molar-refractivity contribution is 5.66. The monoisotopic (exact) mass is 295 g/mol. The van der Waals surface area contributed by atoms with Crippen molar-refractivity contribution in [2.24, 2.45) is 0 Å². The summed E-state index contributed by atoms with van der Waals surface area (Å²) in [7, 11) is 0. The molecule has 0 aliphatic carbocycles. The van der Waals surface area contributed by atoms with Gasteiger partial charge in [0.05, 0.1) is 13.2 Å². The third-order valence-electron chi connectivity index (χ3n) is 2.66. The molecule has 0 aromatic heterocycles. The summed E-state index contributed by atoms with van der Waals surface area (Å²) in [5, 5.41) is 0. The van der Waals surface area contributed by atoms with E-state index in [1.165, 1.54) is 6.92 Å². The molecule has 1 unspecified atom stereocenters. The minimum atomic E-state index is -2.36. The average molecular weight is 295 g/mol. The maximum absolute atomic E-state index is 12.0. The lowest BCUT2D eigenvalue weighted by Gasteiger charge is -2.26. The molecule has 0 saturated heterocycles. The fourth-order valence-electron chi connectivity index (χ4n) is 1.96. The van der Waals surface area contributed by atoms with Gasteiger partial charge in [0.25, 0.3) is 0 Å². The first-order valence-electron chi connectivity index (χ1n) is 7.25. The summed E-state index contributed by atoms with van der Waals surface area (Å²) in [6, 6.07) is 0. The zero-order valence-corrected chi connectivity index (χ0v) is 12.7. The molecule has 0 fully saturated rings. The number of ether oxygens (including phenoxy) is 2. The van der Waals surface area contributed by atoms with Gasteiger partial charge < -0.3 is 9.47 Å². The number of hydrogen-bond donors (Lipinski definition) is 0. The van der Waals surface area contributed by atoms with Crippen LogP contribution in [0.2, 0.25) is 0 Å². The van der Waals surface area contributed by atoms with Gasteiger partial charge >= 0.3 is 5.97 Å². The Kier molecular flexibility index (Phi) is 11.6. The van der Waals surface area contributed by atoms with E-state index in [1.807, 2.05) is 0 Å². The third kappa shape index (κ3) is 11.1. The number of alkyl halides is 2. The normalized spacial score (nSPS) is 12.9. The topological polar surface area (TPSA) is 38.8 Å². The minimum Gasteiger partial charge on any atom is -0.459 e. The minimum absolute atomic E-state index is 0.0169. The Morgan fingerprint density at radius 3 is 2.25 bits per heavy atom. The predicted octanol–water partition coefficient (Wildman–Crippen LogP) is 2.71. The van der Waals surface area contributed by atoms with Crippen LogP contribution in [0.1, 0.15) is 40.0 Å². The SMILES string of the molecule is CCCN(CCC)CC(COCCC(F)F)OC(C)=O. The number of rotatable bonds is 12. The molecule has 0 radical (unpaired) electrons. The van der Waals surface area contributed by atoms with Crippen molar-refractivity contribution in [3.8, 4) is 0 Å². The Morgan fingerprint density at radius 1 is 1.20 bits per heavy atom. The van der Waals surface area contributed by atoms with E-state index in [9.17, 15) is 13.6 Å². The van der Waals surface area contributed by atoms with E-state index in [-0.39, 0.29) is 25.6 Å². The lowest BCUT2D eigenvalue weighted by molar-refractivity contribution is -0.150. The molecule has 20 heavy (non-hydrogen) atoms. The van der Waals surface area contributed by atoms with Crippen LogP contribution in [0, 0.1) is 0 Å². The summed E-state index contributed by atoms with van der Waals surface area (Å²) in [6.07, 6.45) is -1.03. The molecule has 0 bridgehead atoms. The Hall–Kier alpha value is -0.750. The van der Waals surface area contributed by atoms with Crippen LogP contribution in [0.25, 0.3) is 0 Å². The Balaban J connectivity index is 4.19. The zero-order chi connectivity index (χ0) is 15.4. The Bertz CT molecular complexity index is 247. The van der Waals surface area contributed by atoms with Gasteiger partial charge in [-0.25, -0.2) is 8.78 Å². The molecule has 1 atom stereocenters. The number of esters is 1. The van der Waals surface area contributed by atoms with Gasteiger partial charge in [0.1, 0.15) is 6.10 Å². The largest absolute Gasteiger partial charge is 0.459 e. The molecule has 4 nitrogen and oxygen atoms in total. The van der Waals surface area contributed by atoms with Crippen molar-refractivity contribution in [2.45, 2.75) is 52.6 Å². The number of nitrogens with zero attached hydrogens (tertiary/aromatic N) is 1. The highest BCUT2D eigenvalue weighted by atomic mass is 19.3. The summed E-state index contributed by atoms with van der Waals surface area (Å²) >= 11 is 0. The number of hydrogen-bond acceptors (Lipinski definition) is 4. The molecule has 0 aromatic carbocycles. The van der Waals surface area contributed by atoms with Gasteiger partial charge in [0, 0.05) is 19.9 Å². The fraction of sp³-hybridized carbons (Fsp3) is 0.929. The van der Waals surface area contributed by atoms with Crippen molar-refractivity contribution in [3.63, 3.8) is 0 Å². The van der Waals surface area contributed by atoms with Crippen LogP contribution in [0.4, 0.5) is 8.78 Å². The van der Waals surface area contributed by atoms with E-state index >= 15 is 0 Å². The van der Waals surface area contributed by atoms with Crippen LogP contribution in [-0.2, 0) is 14.3 Å². The maximum Gasteiger partial charge on any atom is 0.303 e. The van der Waals surface area contributed by atoms with E-state index in [0.29, 0.717) is 6.54 Å². The summed E-state index contributed by atoms with van der Waals surface area (Å²) < 4.78 is 34.4. The zero-order valence-electron chi connectivity index (χ0n) is 12.7. The molecule has 6 heteroatoms. The smallest absolute Gasteiger partial charge is 0.303 e. The Labute approximate surface area is 120 Å². The second-order valence-electron chi connectivity index (χ2n) is 4.79. The van der Waals surface area contributed by atoms with Gasteiger partial charge in [-0.3, -0.25) is 9.69 Å². The van der Waals surface area contributed by atoms with Gasteiger partial charge in [-0.05, 0) is 25.9 Å². The van der Waals surface area contributed by atoms with Crippen molar-refractivity contribution >= 4 is 5.97 Å². The molecule has 0 N–H and O–H groups in total. The van der Waals surface area contributed by atoms with E-state index < -0.39 is 12.5 Å². The van der Waals surface area contributed by atoms with Crippen LogP contribution in [0.5, 0.6) is 0 Å². The van der Waals surface area contributed by atoms with Crippen LogP contribution < -0.4 is 0 Å². The predicted molar refractivity (Wildman–Crippen MR) is 74.0 cm³/mol. The van der Waals surface area contributed by atoms with Gasteiger partial charge in [0.15, 0.2) is 0 Å². The second kappa shape index (κ2) is 12.0. The van der Waals surface area contributed by atoms with Crippen LogP contribution in [0.3, 0.4) is 0 Å². The van der Waals surface area contributed by atoms with E-state index in [2.05, 4.69) is 18.7 Å². The van der Waals surface area contributed by atoms with E-state index in [1.54, 1.807) is 0 Å². The number of carbonyl (C=O) groups is 1. The molecule has 0 rings (SSSR count). The summed E-state index contributed by atoms with van der Waals surface area (Å²) in [5.74, 6) is -0.375. The molecule has 0 amide bonds. The standard InChI is InChI=1S/C14H27F2NO3/c1-4-7-17(8-5-2)10-13(20-12(3)18)11-19-9-6-14(15)16/h13-14H,4-11H2,1-3H3. The van der Waals surface area contributed by atoms with Crippen LogP contribution in [-0.4, -0.2) is 56.2 Å². The quantitative estimate of drug-likeness (QED) is 0.410. The molecular weight excluding hydrogens is 268 g/mol. The van der Waals surface area contributed by atoms with Crippen LogP contribution in [0.15, 0.2) is 0 Å². The third-order valence-corrected chi connectivity index (χ3v) is 2.66. The van der Waals surface area contributed by atoms with Crippen molar-refractivity contribution in [2.75, 3.05) is 32.8 Å². The lowest BCUT2D eigenvalue weighted by atomic mass is 10.3. The fourth-order valence-corrected chi connectivity index (χ4v) is 1.96. The first-order chi connectivity index (χ1) is 9.49. The molecule has 0 aromatic rings. The Morgan fingerprint density at radius 2 is 1.80 bits per heavy atom. The average Bonchev–Trinajstić information content (AvgIpc) is 2.34. The first-order valence-corrected chi connectivity index (χ1v) is 7.25. The number of carbonyl (C=O) groups excluding carboxylic acids is 1. The molecule has 120 valence electrons. The van der Waals surface area contributed by atoms with Crippen molar-refractivity contribution in [3.05, 3.63) is 0 Å². The van der Waals surface area contributed by atoms with E-state index in [4.69, 9.17) is 9.47 Å². The van der Waals surface area contributed by atoms with Crippen molar-refractivity contribution in [1.29, 1.82) is 0 Å². The van der Waals surface area contributed by atoms with Crippen LogP contribution >= 0.6 is 0 Å². The summed E-state index contributed by atoms with van der Waals surface area (Å²) in [4.78, 5) is 13.3. The van der Waals surface area contributed by atoms with Gasteiger partial charge in [-0.15, -0.1) is 0 Å². The van der Waals surface area contributed by atoms with Gasteiger partial charge in [-0.2, -0.15) is 0 Å². The number of halogens is 2. The molecule has 0 heterocycles.